The molecule has 0 bridgehead atoms. The van der Waals surface area contributed by atoms with Crippen LogP contribution in [0.2, 0.25) is 0 Å². The Kier molecular flexibility index (Phi) is 5.98. The number of nitriles is 1. The van der Waals surface area contributed by atoms with Gasteiger partial charge in [-0.2, -0.15) is 15.5 Å². The van der Waals surface area contributed by atoms with Crippen molar-refractivity contribution in [3.05, 3.63) is 58.5 Å². The lowest BCUT2D eigenvalue weighted by molar-refractivity contribution is 0.139. The Balaban J connectivity index is 1.17. The molecule has 1 atom stereocenters. The van der Waals surface area contributed by atoms with Crippen molar-refractivity contribution in [1.29, 1.82) is 5.26 Å². The molecule has 3 aromatic rings. The van der Waals surface area contributed by atoms with E-state index in [0.29, 0.717) is 44.1 Å². The number of carbonyl (C=O) groups excluding carboxylic acids is 1. The van der Waals surface area contributed by atoms with Crippen molar-refractivity contribution in [2.45, 2.75) is 38.8 Å². The molecule has 3 aliphatic heterocycles. The van der Waals surface area contributed by atoms with Crippen molar-refractivity contribution in [1.82, 2.24) is 29.7 Å². The van der Waals surface area contributed by atoms with Crippen LogP contribution in [0.5, 0.6) is 0 Å². The molecule has 38 heavy (non-hydrogen) atoms. The van der Waals surface area contributed by atoms with Crippen molar-refractivity contribution >= 4 is 18.2 Å². The highest BCUT2D eigenvalue weighted by atomic mass is 19.1. The summed E-state index contributed by atoms with van der Waals surface area (Å²) in [7, 11) is 0. The van der Waals surface area contributed by atoms with Gasteiger partial charge in [0, 0.05) is 56.6 Å². The zero-order chi connectivity index (χ0) is 26.4. The largest absolute Gasteiger partial charge is 0.341 e. The molecule has 5 heterocycles. The third kappa shape index (κ3) is 4.13. The van der Waals surface area contributed by atoms with Crippen LogP contribution in [0.25, 0.3) is 11.3 Å². The molecular formula is C26H25F2N9O. The van der Waals surface area contributed by atoms with Crippen molar-refractivity contribution in [3.63, 3.8) is 0 Å². The number of aryl methyl sites for hydroxylation is 2. The Hall–Kier alpha value is -4.40. The lowest BCUT2D eigenvalue weighted by Crippen LogP contribution is -2.52. The summed E-state index contributed by atoms with van der Waals surface area (Å²) in [5, 5.41) is 19.3. The number of rotatable bonds is 3. The highest BCUT2D eigenvalue weighted by Gasteiger charge is 2.34. The van der Waals surface area contributed by atoms with Gasteiger partial charge in [0.1, 0.15) is 11.5 Å². The Labute approximate surface area is 217 Å². The van der Waals surface area contributed by atoms with E-state index in [0.717, 1.165) is 42.4 Å². The first-order chi connectivity index (χ1) is 18.4. The molecule has 2 amide bonds. The Bertz CT molecular complexity index is 1490. The van der Waals surface area contributed by atoms with Crippen LogP contribution in [0.15, 0.2) is 29.5 Å². The number of fused-ring (bicyclic) bond motifs is 1. The summed E-state index contributed by atoms with van der Waals surface area (Å²) in [6.07, 6.45) is 5.07. The van der Waals surface area contributed by atoms with Gasteiger partial charge in [-0.1, -0.05) is 0 Å². The normalized spacial score (nSPS) is 18.7. The Morgan fingerprint density at radius 3 is 2.74 bits per heavy atom. The molecule has 2 aromatic heterocycles. The summed E-state index contributed by atoms with van der Waals surface area (Å²) >= 11 is 0. The maximum Gasteiger partial charge on any atom is 0.341 e. The SMILES string of the molecule is Cc1nn2c(c1-c1nc(N3CCN(C(=O)N4N=CCC4c4cc(F)cc(C#N)c4)CC3)ncc1F)CCC2. The van der Waals surface area contributed by atoms with E-state index >= 15 is 0 Å². The maximum absolute atomic E-state index is 14.8. The van der Waals surface area contributed by atoms with Gasteiger partial charge in [0.15, 0.2) is 5.82 Å². The molecule has 0 radical (unpaired) electrons. The Morgan fingerprint density at radius 2 is 1.95 bits per heavy atom. The third-order valence-electron chi connectivity index (χ3n) is 7.28. The number of aromatic nitrogens is 4. The third-order valence-corrected chi connectivity index (χ3v) is 7.28. The summed E-state index contributed by atoms with van der Waals surface area (Å²) in [5.41, 5.74) is 3.48. The van der Waals surface area contributed by atoms with Crippen LogP contribution < -0.4 is 4.90 Å². The van der Waals surface area contributed by atoms with Gasteiger partial charge in [-0.3, -0.25) is 4.68 Å². The van der Waals surface area contributed by atoms with E-state index in [1.54, 1.807) is 17.2 Å². The molecule has 1 unspecified atom stereocenters. The standard InChI is InChI=1S/C26H25F2N9O/c1-16-23(22-3-2-6-36(22)33-16)24-20(28)15-30-25(32-24)34-7-9-35(10-8-34)26(38)37-21(4-5-31-37)18-11-17(14-29)12-19(27)13-18/h5,11-13,15,21H,2-4,6-10H2,1H3. The van der Waals surface area contributed by atoms with Gasteiger partial charge in [-0.15, -0.1) is 0 Å². The number of amides is 2. The van der Waals surface area contributed by atoms with Gasteiger partial charge in [-0.25, -0.2) is 28.6 Å². The van der Waals surface area contributed by atoms with Gasteiger partial charge < -0.3 is 9.80 Å². The smallest absolute Gasteiger partial charge is 0.337 e. The molecule has 10 nitrogen and oxygen atoms in total. The van der Waals surface area contributed by atoms with Crippen molar-refractivity contribution in [3.8, 4) is 17.3 Å². The molecule has 0 spiro atoms. The number of urea groups is 1. The topological polar surface area (TPSA) is 107 Å². The second kappa shape index (κ2) is 9.48. The fourth-order valence-electron chi connectivity index (χ4n) is 5.45. The zero-order valence-electron chi connectivity index (χ0n) is 20.8. The molecule has 194 valence electrons. The lowest BCUT2D eigenvalue weighted by atomic mass is 10.0. The maximum atomic E-state index is 14.8. The van der Waals surface area contributed by atoms with Crippen molar-refractivity contribution < 1.29 is 13.6 Å². The van der Waals surface area contributed by atoms with Gasteiger partial charge in [0.25, 0.3) is 0 Å². The number of anilines is 1. The number of benzene rings is 1. The zero-order valence-corrected chi connectivity index (χ0v) is 20.8. The second-order valence-corrected chi connectivity index (χ2v) is 9.64. The summed E-state index contributed by atoms with van der Waals surface area (Å²) < 4.78 is 30.8. The van der Waals surface area contributed by atoms with Crippen LogP contribution in [0.1, 0.15) is 41.4 Å². The first-order valence-electron chi connectivity index (χ1n) is 12.6. The quantitative estimate of drug-likeness (QED) is 0.527. The van der Waals surface area contributed by atoms with Crippen LogP contribution in [-0.2, 0) is 13.0 Å². The molecule has 6 rings (SSSR count). The summed E-state index contributed by atoms with van der Waals surface area (Å²) in [5.74, 6) is -0.600. The number of nitrogens with zero attached hydrogens (tertiary/aromatic N) is 9. The summed E-state index contributed by atoms with van der Waals surface area (Å²) in [6, 6.07) is 5.26. The number of hydrazone groups is 1. The average Bonchev–Trinajstić information content (AvgIpc) is 3.65. The van der Waals surface area contributed by atoms with E-state index < -0.39 is 17.7 Å². The fraction of sp³-hybridized carbons (Fsp3) is 0.385. The van der Waals surface area contributed by atoms with E-state index in [1.165, 1.54) is 17.3 Å². The number of hydrogen-bond donors (Lipinski definition) is 0. The predicted molar refractivity (Wildman–Crippen MR) is 134 cm³/mol. The van der Waals surface area contributed by atoms with Crippen LogP contribution in [0.4, 0.5) is 19.5 Å². The number of hydrogen-bond acceptors (Lipinski definition) is 7. The summed E-state index contributed by atoms with van der Waals surface area (Å²) in [6.45, 7) is 4.40. The molecule has 3 aliphatic rings. The Morgan fingerprint density at radius 1 is 1.13 bits per heavy atom. The first-order valence-corrected chi connectivity index (χ1v) is 12.6. The lowest BCUT2D eigenvalue weighted by Gasteiger charge is -2.37. The van der Waals surface area contributed by atoms with Gasteiger partial charge in [-0.05, 0) is 43.5 Å². The van der Waals surface area contributed by atoms with Crippen LogP contribution >= 0.6 is 0 Å². The number of halogens is 2. The highest BCUT2D eigenvalue weighted by Crippen LogP contribution is 2.33. The van der Waals surface area contributed by atoms with E-state index in [1.807, 2.05) is 22.6 Å². The molecule has 1 saturated heterocycles. The molecule has 0 aliphatic carbocycles. The van der Waals surface area contributed by atoms with Gasteiger partial charge >= 0.3 is 6.03 Å². The van der Waals surface area contributed by atoms with Gasteiger partial charge in [0.05, 0.1) is 29.6 Å². The van der Waals surface area contributed by atoms with E-state index in [9.17, 15) is 18.8 Å². The number of carbonyl (C=O) groups is 1. The molecule has 1 fully saturated rings. The minimum Gasteiger partial charge on any atom is -0.337 e. The monoisotopic (exact) mass is 517 g/mol. The molecule has 1 aromatic carbocycles. The molecule has 0 saturated carbocycles. The number of piperazine rings is 1. The minimum atomic E-state index is -0.526. The first kappa shape index (κ1) is 24.0. The molecule has 0 N–H and O–H groups in total. The second-order valence-electron chi connectivity index (χ2n) is 9.64. The average molecular weight is 518 g/mol. The molecule has 12 heteroatoms. The van der Waals surface area contributed by atoms with Crippen molar-refractivity contribution in [2.24, 2.45) is 5.10 Å². The summed E-state index contributed by atoms with van der Waals surface area (Å²) in [4.78, 5) is 25.8. The van der Waals surface area contributed by atoms with Crippen molar-refractivity contribution in [2.75, 3.05) is 31.1 Å². The van der Waals surface area contributed by atoms with Crippen LogP contribution in [-0.4, -0.2) is 68.1 Å². The van der Waals surface area contributed by atoms with E-state index in [-0.39, 0.29) is 17.3 Å². The molecular weight excluding hydrogens is 492 g/mol. The van der Waals surface area contributed by atoms with E-state index in [2.05, 4.69) is 20.2 Å². The predicted octanol–water partition coefficient (Wildman–Crippen LogP) is 3.42. The van der Waals surface area contributed by atoms with Crippen LogP contribution in [0.3, 0.4) is 0 Å². The van der Waals surface area contributed by atoms with Gasteiger partial charge in [0.2, 0.25) is 5.95 Å². The fourth-order valence-corrected chi connectivity index (χ4v) is 5.45. The van der Waals surface area contributed by atoms with Crippen LogP contribution in [0, 0.1) is 29.9 Å². The van der Waals surface area contributed by atoms with E-state index in [4.69, 9.17) is 0 Å². The highest BCUT2D eigenvalue weighted by molar-refractivity contribution is 5.79. The minimum absolute atomic E-state index is 0.197.